The van der Waals surface area contributed by atoms with Crippen LogP contribution in [0.4, 0.5) is 13.2 Å². The van der Waals surface area contributed by atoms with Gasteiger partial charge in [-0.2, -0.15) is 13.2 Å². The number of hydrogen-bond donors (Lipinski definition) is 1. The predicted octanol–water partition coefficient (Wildman–Crippen LogP) is 4.48. The number of hydrogen-bond acceptors (Lipinski definition) is 6. The largest absolute Gasteiger partial charge is 0.431 e. The lowest BCUT2D eigenvalue weighted by Crippen LogP contribution is -2.47. The van der Waals surface area contributed by atoms with Crippen LogP contribution in [0, 0.1) is 5.41 Å². The third kappa shape index (κ3) is 5.28. The maximum absolute atomic E-state index is 13.9. The van der Waals surface area contributed by atoms with E-state index in [0.717, 1.165) is 29.9 Å². The molecular formula is C24H29F3N2O4S. The lowest BCUT2D eigenvalue weighted by molar-refractivity contribution is -0.146. The summed E-state index contributed by atoms with van der Waals surface area (Å²) >= 11 is 1.33. The summed E-state index contributed by atoms with van der Waals surface area (Å²) < 4.78 is 50.4. The zero-order chi connectivity index (χ0) is 24.5. The van der Waals surface area contributed by atoms with Gasteiger partial charge < -0.3 is 19.7 Å². The van der Waals surface area contributed by atoms with E-state index < -0.39 is 23.1 Å². The normalized spacial score (nSPS) is 25.6. The van der Waals surface area contributed by atoms with Gasteiger partial charge >= 0.3 is 12.1 Å². The molecule has 1 aromatic rings. The number of carbonyl (C=O) groups excluding carboxylic acids is 2. The average molecular weight is 499 g/mol. The molecule has 2 atom stereocenters. The number of alkyl halides is 3. The Kier molecular flexibility index (Phi) is 7.30. The van der Waals surface area contributed by atoms with Gasteiger partial charge in [-0.3, -0.25) is 9.59 Å². The number of nitrogens with zero attached hydrogens (tertiary/aromatic N) is 1. The first-order valence-corrected chi connectivity index (χ1v) is 12.4. The van der Waals surface area contributed by atoms with Crippen LogP contribution in [0.1, 0.15) is 50.2 Å². The Labute approximate surface area is 201 Å². The average Bonchev–Trinajstić information content (AvgIpc) is 3.22. The number of thioether (sulfide) groups is 1. The highest BCUT2D eigenvalue weighted by atomic mass is 32.2. The second-order valence-electron chi connectivity index (χ2n) is 9.19. The van der Waals surface area contributed by atoms with Crippen molar-refractivity contribution in [3.8, 4) is 0 Å². The van der Waals surface area contributed by atoms with Crippen molar-refractivity contribution in [2.24, 2.45) is 5.41 Å². The lowest BCUT2D eigenvalue weighted by atomic mass is 9.82. The van der Waals surface area contributed by atoms with Gasteiger partial charge in [-0.15, -0.1) is 11.8 Å². The molecule has 1 N–H and O–H groups in total. The van der Waals surface area contributed by atoms with Crippen LogP contribution in [0.25, 0.3) is 0 Å². The minimum Gasteiger partial charge on any atom is -0.431 e. The smallest absolute Gasteiger partial charge is 0.416 e. The molecule has 34 heavy (non-hydrogen) atoms. The first kappa shape index (κ1) is 25.1. The van der Waals surface area contributed by atoms with E-state index in [-0.39, 0.29) is 24.3 Å². The number of nitrogens with one attached hydrogen (secondary N) is 1. The van der Waals surface area contributed by atoms with Crippen LogP contribution in [-0.4, -0.2) is 48.0 Å². The van der Waals surface area contributed by atoms with E-state index in [1.165, 1.54) is 24.8 Å². The number of fused-ring (bicyclic) bond motifs is 1. The van der Waals surface area contributed by atoms with Gasteiger partial charge in [0.1, 0.15) is 11.2 Å². The summed E-state index contributed by atoms with van der Waals surface area (Å²) in [4.78, 5) is 27.8. The molecular weight excluding hydrogens is 469 g/mol. The minimum absolute atomic E-state index is 0.0425. The number of benzene rings is 1. The number of amides is 1. The van der Waals surface area contributed by atoms with Gasteiger partial charge in [-0.1, -0.05) is 6.58 Å². The van der Waals surface area contributed by atoms with E-state index in [1.54, 1.807) is 4.90 Å². The van der Waals surface area contributed by atoms with E-state index in [9.17, 15) is 22.8 Å². The fourth-order valence-corrected chi connectivity index (χ4v) is 6.05. The van der Waals surface area contributed by atoms with E-state index in [1.807, 2.05) is 0 Å². The van der Waals surface area contributed by atoms with Crippen molar-refractivity contribution >= 4 is 23.6 Å². The summed E-state index contributed by atoms with van der Waals surface area (Å²) in [6, 6.07) is 3.98. The Morgan fingerprint density at radius 1 is 1.24 bits per heavy atom. The predicted molar refractivity (Wildman–Crippen MR) is 121 cm³/mol. The molecule has 1 amide bonds. The van der Waals surface area contributed by atoms with Crippen LogP contribution >= 0.6 is 11.8 Å². The molecule has 1 saturated heterocycles. The van der Waals surface area contributed by atoms with Crippen molar-refractivity contribution in [2.75, 3.05) is 19.1 Å². The van der Waals surface area contributed by atoms with Gasteiger partial charge in [0.05, 0.1) is 11.4 Å². The van der Waals surface area contributed by atoms with Crippen LogP contribution in [0.2, 0.25) is 0 Å². The summed E-state index contributed by atoms with van der Waals surface area (Å²) in [6.45, 7) is 6.66. The molecule has 2 fully saturated rings. The molecule has 1 aromatic carbocycles. The Hall–Kier alpha value is -2.04. The molecule has 1 saturated carbocycles. The van der Waals surface area contributed by atoms with Crippen molar-refractivity contribution in [1.82, 2.24) is 10.2 Å². The molecule has 1 aliphatic carbocycles. The van der Waals surface area contributed by atoms with Gasteiger partial charge in [0, 0.05) is 43.7 Å². The van der Waals surface area contributed by atoms with E-state index in [4.69, 9.17) is 9.47 Å². The molecule has 0 bridgehead atoms. The Morgan fingerprint density at radius 2 is 1.97 bits per heavy atom. The summed E-state index contributed by atoms with van der Waals surface area (Å²) in [5, 5.41) is 3.62. The number of rotatable bonds is 5. The Balaban J connectivity index is 1.54. The topological polar surface area (TPSA) is 67.9 Å². The zero-order valence-corrected chi connectivity index (χ0v) is 19.9. The Bertz CT molecular complexity index is 964. The first-order valence-electron chi connectivity index (χ1n) is 11.4. The fourth-order valence-electron chi connectivity index (χ4n) is 5.08. The van der Waals surface area contributed by atoms with Crippen molar-refractivity contribution in [1.29, 1.82) is 0 Å². The number of carbonyl (C=O) groups is 2. The van der Waals surface area contributed by atoms with Crippen LogP contribution in [0.5, 0.6) is 0 Å². The third-order valence-electron chi connectivity index (χ3n) is 6.83. The minimum atomic E-state index is -4.45. The van der Waals surface area contributed by atoms with E-state index >= 15 is 0 Å². The van der Waals surface area contributed by atoms with Gasteiger partial charge in [0.25, 0.3) is 0 Å². The van der Waals surface area contributed by atoms with Crippen molar-refractivity contribution in [3.63, 3.8) is 0 Å². The van der Waals surface area contributed by atoms with Crippen molar-refractivity contribution in [3.05, 3.63) is 41.7 Å². The summed E-state index contributed by atoms with van der Waals surface area (Å²) in [5.41, 5.74) is -1.38. The van der Waals surface area contributed by atoms with Crippen molar-refractivity contribution in [2.45, 2.75) is 68.7 Å². The highest BCUT2D eigenvalue weighted by Gasteiger charge is 2.51. The third-order valence-corrected chi connectivity index (χ3v) is 7.98. The highest BCUT2D eigenvalue weighted by Crippen LogP contribution is 2.47. The van der Waals surface area contributed by atoms with Crippen LogP contribution < -0.4 is 5.32 Å². The fraction of sp³-hybridized carbons (Fsp3) is 0.583. The molecule has 10 heteroatoms. The molecule has 0 spiro atoms. The molecule has 6 nitrogen and oxygen atoms in total. The highest BCUT2D eigenvalue weighted by molar-refractivity contribution is 7.99. The monoisotopic (exact) mass is 498 g/mol. The summed E-state index contributed by atoms with van der Waals surface area (Å²) in [5.74, 6) is -0.387. The maximum atomic E-state index is 13.9. The van der Waals surface area contributed by atoms with Gasteiger partial charge in [-0.25, -0.2) is 0 Å². The number of ether oxygens (including phenoxy) is 2. The number of esters is 1. The quantitative estimate of drug-likeness (QED) is 0.477. The van der Waals surface area contributed by atoms with E-state index in [2.05, 4.69) is 11.9 Å². The van der Waals surface area contributed by atoms with Gasteiger partial charge in [-0.05, 0) is 55.9 Å². The molecule has 4 rings (SSSR count). The first-order chi connectivity index (χ1) is 16.1. The second kappa shape index (κ2) is 9.91. The molecule has 2 heterocycles. The molecule has 0 aromatic heterocycles. The van der Waals surface area contributed by atoms with Gasteiger partial charge in [0.2, 0.25) is 5.91 Å². The van der Waals surface area contributed by atoms with Crippen molar-refractivity contribution < 1.29 is 32.2 Å². The lowest BCUT2D eigenvalue weighted by Gasteiger charge is -2.37. The molecule has 186 valence electrons. The molecule has 3 aliphatic rings. The zero-order valence-electron chi connectivity index (χ0n) is 19.1. The SMILES string of the molecule is C=C(OC(C)=O)[C@]1(C(=O)N2CSc3ccc(C(F)(F)F)cc3C2)CC[C@@H](NC2CCOCC2)C1. The van der Waals surface area contributed by atoms with E-state index in [0.29, 0.717) is 50.0 Å². The van der Waals surface area contributed by atoms with Crippen LogP contribution in [-0.2, 0) is 31.8 Å². The van der Waals surface area contributed by atoms with Crippen LogP contribution in [0.3, 0.4) is 0 Å². The van der Waals surface area contributed by atoms with Gasteiger partial charge in [0.15, 0.2) is 0 Å². The summed E-state index contributed by atoms with van der Waals surface area (Å²) in [6.07, 6.45) is -1.08. The van der Waals surface area contributed by atoms with Crippen LogP contribution in [0.15, 0.2) is 35.4 Å². The maximum Gasteiger partial charge on any atom is 0.416 e. The Morgan fingerprint density at radius 3 is 2.65 bits per heavy atom. The standard InChI is InChI=1S/C24H29F3N2O4S/c1-15(33-16(2)30)23(8-5-20(12-23)28-19-6-9-32-10-7-19)22(31)29-13-17-11-18(24(25,26)27)3-4-21(17)34-14-29/h3-4,11,19-20,28H,1,5-10,12-14H2,2H3/t20-,23+/m1/s1. The molecule has 0 unspecified atom stereocenters. The molecule has 0 radical (unpaired) electrons. The second-order valence-corrected chi connectivity index (χ2v) is 10.2. The molecule has 2 aliphatic heterocycles. The number of halogens is 3. The summed E-state index contributed by atoms with van der Waals surface area (Å²) in [7, 11) is 0.